The Hall–Kier alpha value is -3.43. The first-order valence-corrected chi connectivity index (χ1v) is 10.9. The van der Waals surface area contributed by atoms with Crippen molar-refractivity contribution in [3.63, 3.8) is 0 Å². The summed E-state index contributed by atoms with van der Waals surface area (Å²) in [5.74, 6) is -2.27. The molecule has 10 heteroatoms. The zero-order chi connectivity index (χ0) is 24.6. The van der Waals surface area contributed by atoms with E-state index in [4.69, 9.17) is 0 Å². The van der Waals surface area contributed by atoms with Crippen molar-refractivity contribution >= 4 is 23.4 Å². The Bertz CT molecular complexity index is 1130. The van der Waals surface area contributed by atoms with E-state index in [0.717, 1.165) is 17.7 Å². The minimum absolute atomic E-state index is 0.0322. The van der Waals surface area contributed by atoms with Gasteiger partial charge in [0.15, 0.2) is 0 Å². The summed E-state index contributed by atoms with van der Waals surface area (Å²) in [5, 5.41) is 0. The molecule has 1 atom stereocenters. The molecule has 6 nitrogen and oxygen atoms in total. The number of nitrogens with zero attached hydrogens (tertiary/aromatic N) is 3. The summed E-state index contributed by atoms with van der Waals surface area (Å²) in [5.41, 5.74) is -0.0973. The number of piperazine rings is 1. The first-order valence-electron chi connectivity index (χ1n) is 10.9. The molecule has 2 aromatic rings. The standard InChI is InChI=1S/C24H23F4N3O3/c1-15-5-6-20(19(25)11-15)31-14-17(13-21(31)32)23(34)30-9-7-29(8-10-30)22(33)16-3-2-4-18(12-16)24(26,27)28/h2-6,11-12,17H,7-10,13-14H2,1H3. The number of carbonyl (C=O) groups excluding carboxylic acids is 3. The Labute approximate surface area is 193 Å². The zero-order valence-electron chi connectivity index (χ0n) is 18.4. The van der Waals surface area contributed by atoms with Crippen LogP contribution in [-0.2, 0) is 15.8 Å². The van der Waals surface area contributed by atoms with Crippen LogP contribution in [0.5, 0.6) is 0 Å². The maximum absolute atomic E-state index is 14.3. The highest BCUT2D eigenvalue weighted by molar-refractivity contribution is 6.00. The smallest absolute Gasteiger partial charge is 0.339 e. The van der Waals surface area contributed by atoms with E-state index in [9.17, 15) is 31.9 Å². The van der Waals surface area contributed by atoms with Gasteiger partial charge in [-0.15, -0.1) is 0 Å². The molecule has 2 saturated heterocycles. The Morgan fingerprint density at radius 3 is 2.29 bits per heavy atom. The van der Waals surface area contributed by atoms with Crippen molar-refractivity contribution in [2.24, 2.45) is 5.92 Å². The van der Waals surface area contributed by atoms with Crippen LogP contribution >= 0.6 is 0 Å². The number of rotatable bonds is 3. The lowest BCUT2D eigenvalue weighted by Crippen LogP contribution is -2.52. The molecule has 2 heterocycles. The fourth-order valence-corrected chi connectivity index (χ4v) is 4.34. The van der Waals surface area contributed by atoms with Gasteiger partial charge in [-0.3, -0.25) is 14.4 Å². The molecule has 2 aliphatic heterocycles. The van der Waals surface area contributed by atoms with Gasteiger partial charge in [0, 0.05) is 44.7 Å². The SMILES string of the molecule is Cc1ccc(N2CC(C(=O)N3CCN(C(=O)c4cccc(C(F)(F)F)c4)CC3)CC2=O)c(F)c1. The van der Waals surface area contributed by atoms with E-state index in [1.807, 2.05) is 0 Å². The lowest BCUT2D eigenvalue weighted by atomic mass is 10.1. The number of carbonyl (C=O) groups is 3. The molecule has 0 N–H and O–H groups in total. The average Bonchev–Trinajstić information content (AvgIpc) is 3.19. The van der Waals surface area contributed by atoms with Crippen LogP contribution in [0.4, 0.5) is 23.2 Å². The van der Waals surface area contributed by atoms with Gasteiger partial charge in [0.05, 0.1) is 17.2 Å². The van der Waals surface area contributed by atoms with E-state index in [1.165, 1.54) is 34.1 Å². The van der Waals surface area contributed by atoms with Crippen LogP contribution in [0, 0.1) is 18.7 Å². The molecule has 2 aromatic carbocycles. The van der Waals surface area contributed by atoms with Gasteiger partial charge < -0.3 is 14.7 Å². The van der Waals surface area contributed by atoms with Crippen LogP contribution in [0.1, 0.15) is 27.9 Å². The summed E-state index contributed by atoms with van der Waals surface area (Å²) in [6.45, 7) is 2.54. The monoisotopic (exact) mass is 477 g/mol. The summed E-state index contributed by atoms with van der Waals surface area (Å²) < 4.78 is 53.2. The number of hydrogen-bond donors (Lipinski definition) is 0. The molecule has 0 saturated carbocycles. The van der Waals surface area contributed by atoms with Crippen LogP contribution in [0.2, 0.25) is 0 Å². The Morgan fingerprint density at radius 2 is 1.65 bits per heavy atom. The minimum atomic E-state index is -4.55. The number of benzene rings is 2. The normalized spacial score (nSPS) is 19.0. The summed E-state index contributed by atoms with van der Waals surface area (Å²) in [7, 11) is 0. The van der Waals surface area contributed by atoms with E-state index >= 15 is 0 Å². The molecular weight excluding hydrogens is 454 g/mol. The third kappa shape index (κ3) is 4.76. The van der Waals surface area contributed by atoms with E-state index < -0.39 is 29.4 Å². The fourth-order valence-electron chi connectivity index (χ4n) is 4.34. The van der Waals surface area contributed by atoms with Crippen LogP contribution in [0.15, 0.2) is 42.5 Å². The molecule has 3 amide bonds. The molecule has 2 aliphatic rings. The third-order valence-corrected chi connectivity index (χ3v) is 6.18. The van der Waals surface area contributed by atoms with Crippen molar-refractivity contribution < 1.29 is 31.9 Å². The molecule has 34 heavy (non-hydrogen) atoms. The van der Waals surface area contributed by atoms with Gasteiger partial charge in [-0.2, -0.15) is 13.2 Å². The second kappa shape index (κ2) is 9.08. The number of alkyl halides is 3. The van der Waals surface area contributed by atoms with Gasteiger partial charge in [0.25, 0.3) is 5.91 Å². The number of amides is 3. The first kappa shape index (κ1) is 23.7. The van der Waals surface area contributed by atoms with E-state index in [2.05, 4.69) is 0 Å². The second-order valence-electron chi connectivity index (χ2n) is 8.56. The quantitative estimate of drug-likeness (QED) is 0.636. The fraction of sp³-hybridized carbons (Fsp3) is 0.375. The van der Waals surface area contributed by atoms with Gasteiger partial charge >= 0.3 is 6.18 Å². The van der Waals surface area contributed by atoms with Gasteiger partial charge in [0.2, 0.25) is 11.8 Å². The highest BCUT2D eigenvalue weighted by atomic mass is 19.4. The van der Waals surface area contributed by atoms with Gasteiger partial charge in [-0.1, -0.05) is 12.1 Å². The van der Waals surface area contributed by atoms with Crippen molar-refractivity contribution in [2.75, 3.05) is 37.6 Å². The van der Waals surface area contributed by atoms with E-state index in [-0.39, 0.29) is 62.2 Å². The van der Waals surface area contributed by atoms with Crippen LogP contribution < -0.4 is 4.90 Å². The van der Waals surface area contributed by atoms with Crippen molar-refractivity contribution in [2.45, 2.75) is 19.5 Å². The summed E-state index contributed by atoms with van der Waals surface area (Å²) in [6.07, 6.45) is -4.58. The Kier molecular flexibility index (Phi) is 6.33. The van der Waals surface area contributed by atoms with Crippen LogP contribution in [-0.4, -0.2) is 60.2 Å². The molecule has 0 aromatic heterocycles. The highest BCUT2D eigenvalue weighted by Crippen LogP contribution is 2.31. The average molecular weight is 477 g/mol. The lowest BCUT2D eigenvalue weighted by Gasteiger charge is -2.36. The van der Waals surface area contributed by atoms with Gasteiger partial charge in [-0.25, -0.2) is 4.39 Å². The summed E-state index contributed by atoms with van der Waals surface area (Å²) in [4.78, 5) is 42.4. The number of anilines is 1. The van der Waals surface area contributed by atoms with Crippen LogP contribution in [0.25, 0.3) is 0 Å². The molecule has 0 aliphatic carbocycles. The second-order valence-corrected chi connectivity index (χ2v) is 8.56. The van der Waals surface area contributed by atoms with Gasteiger partial charge in [-0.05, 0) is 42.8 Å². The van der Waals surface area contributed by atoms with Crippen molar-refractivity contribution in [1.29, 1.82) is 0 Å². The first-order chi connectivity index (χ1) is 16.0. The molecule has 4 rings (SSSR count). The topological polar surface area (TPSA) is 60.9 Å². The lowest BCUT2D eigenvalue weighted by molar-refractivity contribution is -0.138. The Morgan fingerprint density at radius 1 is 0.971 bits per heavy atom. The molecule has 180 valence electrons. The number of hydrogen-bond acceptors (Lipinski definition) is 3. The molecule has 0 bridgehead atoms. The number of halogens is 4. The predicted molar refractivity (Wildman–Crippen MR) is 116 cm³/mol. The maximum Gasteiger partial charge on any atom is 0.416 e. The molecule has 2 fully saturated rings. The molecular formula is C24H23F4N3O3. The maximum atomic E-state index is 14.3. The van der Waals surface area contributed by atoms with Crippen molar-refractivity contribution in [3.8, 4) is 0 Å². The molecule has 0 radical (unpaired) electrons. The highest BCUT2D eigenvalue weighted by Gasteiger charge is 2.39. The van der Waals surface area contributed by atoms with E-state index in [0.29, 0.717) is 0 Å². The van der Waals surface area contributed by atoms with E-state index in [1.54, 1.807) is 17.9 Å². The van der Waals surface area contributed by atoms with Crippen molar-refractivity contribution in [3.05, 3.63) is 65.0 Å². The number of aryl methyl sites for hydroxylation is 1. The summed E-state index contributed by atoms with van der Waals surface area (Å²) in [6, 6.07) is 8.80. The van der Waals surface area contributed by atoms with Gasteiger partial charge in [0.1, 0.15) is 5.82 Å². The minimum Gasteiger partial charge on any atom is -0.339 e. The summed E-state index contributed by atoms with van der Waals surface area (Å²) >= 11 is 0. The van der Waals surface area contributed by atoms with Crippen molar-refractivity contribution in [1.82, 2.24) is 9.80 Å². The predicted octanol–water partition coefficient (Wildman–Crippen LogP) is 3.49. The third-order valence-electron chi connectivity index (χ3n) is 6.18. The molecule has 0 spiro atoms. The largest absolute Gasteiger partial charge is 0.416 e. The molecule has 1 unspecified atom stereocenters. The van der Waals surface area contributed by atoms with Crippen LogP contribution in [0.3, 0.4) is 0 Å². The Balaban J connectivity index is 1.37. The zero-order valence-corrected chi connectivity index (χ0v) is 18.4.